The monoisotopic (exact) mass is 403 g/mol. The molecule has 0 bridgehead atoms. The van der Waals surface area contributed by atoms with Crippen molar-refractivity contribution in [1.82, 2.24) is 14.9 Å². The van der Waals surface area contributed by atoms with Crippen LogP contribution in [-0.4, -0.2) is 22.0 Å². The SMILES string of the molecule is O=C(NCCn1c(CCl)nc2cc(I)ccc21)C1CC1. The third kappa shape index (κ3) is 2.93. The molecule has 4 nitrogen and oxygen atoms in total. The van der Waals surface area contributed by atoms with Crippen LogP contribution in [0.15, 0.2) is 18.2 Å². The highest BCUT2D eigenvalue weighted by Crippen LogP contribution is 2.28. The Labute approximate surface area is 136 Å². The first-order chi connectivity index (χ1) is 9.69. The summed E-state index contributed by atoms with van der Waals surface area (Å²) in [6.45, 7) is 1.33. The number of aromatic nitrogens is 2. The molecule has 106 valence electrons. The lowest BCUT2D eigenvalue weighted by molar-refractivity contribution is -0.122. The van der Waals surface area contributed by atoms with Crippen LogP contribution in [0.4, 0.5) is 0 Å². The van der Waals surface area contributed by atoms with E-state index in [2.05, 4.69) is 49.6 Å². The quantitative estimate of drug-likeness (QED) is 0.616. The minimum atomic E-state index is 0.177. The summed E-state index contributed by atoms with van der Waals surface area (Å²) in [6.07, 6.45) is 2.07. The van der Waals surface area contributed by atoms with Gasteiger partial charge in [0, 0.05) is 22.6 Å². The number of hydrogen-bond acceptors (Lipinski definition) is 2. The summed E-state index contributed by atoms with van der Waals surface area (Å²) in [5, 5.41) is 2.98. The lowest BCUT2D eigenvalue weighted by atomic mass is 10.3. The van der Waals surface area contributed by atoms with Gasteiger partial charge in [-0.25, -0.2) is 4.98 Å². The van der Waals surface area contributed by atoms with Crippen LogP contribution < -0.4 is 5.32 Å². The van der Waals surface area contributed by atoms with Gasteiger partial charge in [-0.2, -0.15) is 0 Å². The van der Waals surface area contributed by atoms with Gasteiger partial charge >= 0.3 is 0 Å². The molecule has 1 aliphatic rings. The van der Waals surface area contributed by atoms with Crippen molar-refractivity contribution in [2.45, 2.75) is 25.3 Å². The second-order valence-corrected chi connectivity index (χ2v) is 6.52. The Balaban J connectivity index is 1.76. The van der Waals surface area contributed by atoms with E-state index in [-0.39, 0.29) is 11.8 Å². The molecule has 0 aliphatic heterocycles. The van der Waals surface area contributed by atoms with Gasteiger partial charge in [0.05, 0.1) is 16.9 Å². The summed E-state index contributed by atoms with van der Waals surface area (Å²) in [4.78, 5) is 16.2. The molecule has 1 fully saturated rings. The number of hydrogen-bond donors (Lipinski definition) is 1. The molecule has 0 unspecified atom stereocenters. The fourth-order valence-electron chi connectivity index (χ4n) is 2.29. The van der Waals surface area contributed by atoms with Crippen molar-refractivity contribution < 1.29 is 4.79 Å². The Morgan fingerprint density at radius 1 is 1.50 bits per heavy atom. The first kappa shape index (κ1) is 14.1. The number of alkyl halides is 1. The number of carbonyl (C=O) groups excluding carboxylic acids is 1. The first-order valence-electron chi connectivity index (χ1n) is 6.67. The van der Waals surface area contributed by atoms with E-state index in [1.165, 1.54) is 0 Å². The molecule has 1 N–H and O–H groups in total. The Kier molecular flexibility index (Phi) is 4.16. The Hall–Kier alpha value is -0.820. The van der Waals surface area contributed by atoms with Crippen LogP contribution in [0.5, 0.6) is 0 Å². The fourth-order valence-corrected chi connectivity index (χ4v) is 2.96. The molecule has 1 aliphatic carbocycles. The molecule has 1 aromatic carbocycles. The Bertz CT molecular complexity index is 651. The van der Waals surface area contributed by atoms with E-state index in [1.807, 2.05) is 6.07 Å². The zero-order chi connectivity index (χ0) is 14.1. The summed E-state index contributed by atoms with van der Waals surface area (Å²) in [5.41, 5.74) is 2.03. The number of fused-ring (bicyclic) bond motifs is 1. The first-order valence-corrected chi connectivity index (χ1v) is 8.28. The summed E-state index contributed by atoms with van der Waals surface area (Å²) in [6, 6.07) is 6.16. The predicted molar refractivity (Wildman–Crippen MR) is 87.7 cm³/mol. The zero-order valence-corrected chi connectivity index (χ0v) is 13.8. The summed E-state index contributed by atoms with van der Waals surface area (Å²) >= 11 is 8.25. The van der Waals surface area contributed by atoms with E-state index in [1.54, 1.807) is 0 Å². The summed E-state index contributed by atoms with van der Waals surface area (Å²) in [5.74, 6) is 1.66. The minimum Gasteiger partial charge on any atom is -0.354 e. The van der Waals surface area contributed by atoms with Crippen molar-refractivity contribution in [3.05, 3.63) is 27.6 Å². The van der Waals surface area contributed by atoms with E-state index in [0.717, 1.165) is 33.3 Å². The van der Waals surface area contributed by atoms with E-state index >= 15 is 0 Å². The molecule has 0 radical (unpaired) electrons. The second kappa shape index (κ2) is 5.89. The van der Waals surface area contributed by atoms with Crippen LogP contribution in [-0.2, 0) is 17.2 Å². The number of imidazole rings is 1. The largest absolute Gasteiger partial charge is 0.354 e. The number of halogens is 2. The number of rotatable bonds is 5. The van der Waals surface area contributed by atoms with Crippen LogP contribution in [0.3, 0.4) is 0 Å². The average Bonchev–Trinajstić information content (AvgIpc) is 3.22. The van der Waals surface area contributed by atoms with E-state index in [9.17, 15) is 4.79 Å². The maximum atomic E-state index is 11.6. The van der Waals surface area contributed by atoms with Gasteiger partial charge in [0.2, 0.25) is 5.91 Å². The molecule has 0 atom stereocenters. The van der Waals surface area contributed by atoms with Gasteiger partial charge in [-0.15, -0.1) is 11.6 Å². The standard InChI is InChI=1S/C14H15ClIN3O/c15-8-13-18-11-7-10(16)3-4-12(11)19(13)6-5-17-14(20)9-1-2-9/h3-4,7,9H,1-2,5-6,8H2,(H,17,20). The van der Waals surface area contributed by atoms with Crippen LogP contribution >= 0.6 is 34.2 Å². The summed E-state index contributed by atoms with van der Waals surface area (Å²) < 4.78 is 3.24. The highest BCUT2D eigenvalue weighted by Gasteiger charge is 2.29. The molecule has 6 heteroatoms. The number of benzene rings is 1. The predicted octanol–water partition coefficient (Wildman–Crippen LogP) is 2.91. The van der Waals surface area contributed by atoms with E-state index in [4.69, 9.17) is 11.6 Å². The van der Waals surface area contributed by atoms with Crippen LogP contribution in [0.2, 0.25) is 0 Å². The molecular formula is C14H15ClIN3O. The van der Waals surface area contributed by atoms with Crippen molar-refractivity contribution in [2.24, 2.45) is 5.92 Å². The van der Waals surface area contributed by atoms with Crippen LogP contribution in [0, 0.1) is 9.49 Å². The van der Waals surface area contributed by atoms with Gasteiger partial charge in [0.25, 0.3) is 0 Å². The molecule has 1 heterocycles. The molecule has 1 aromatic heterocycles. The lowest BCUT2D eigenvalue weighted by Crippen LogP contribution is -2.28. The van der Waals surface area contributed by atoms with Gasteiger partial charge in [0.15, 0.2) is 0 Å². The summed E-state index contributed by atoms with van der Waals surface area (Å²) in [7, 11) is 0. The molecule has 1 saturated carbocycles. The topological polar surface area (TPSA) is 46.9 Å². The maximum absolute atomic E-state index is 11.6. The molecule has 3 rings (SSSR count). The molecule has 20 heavy (non-hydrogen) atoms. The maximum Gasteiger partial charge on any atom is 0.223 e. The zero-order valence-electron chi connectivity index (χ0n) is 10.9. The van der Waals surface area contributed by atoms with Crippen molar-refractivity contribution >= 4 is 51.1 Å². The molecule has 0 saturated heterocycles. The van der Waals surface area contributed by atoms with Crippen molar-refractivity contribution in [2.75, 3.05) is 6.54 Å². The molecular weight excluding hydrogens is 389 g/mol. The lowest BCUT2D eigenvalue weighted by Gasteiger charge is -2.09. The number of nitrogens with zero attached hydrogens (tertiary/aromatic N) is 2. The highest BCUT2D eigenvalue weighted by molar-refractivity contribution is 14.1. The minimum absolute atomic E-state index is 0.177. The third-order valence-electron chi connectivity index (χ3n) is 3.49. The van der Waals surface area contributed by atoms with Gasteiger partial charge in [0.1, 0.15) is 5.82 Å². The van der Waals surface area contributed by atoms with Crippen molar-refractivity contribution in [3.8, 4) is 0 Å². The normalized spacial score (nSPS) is 14.7. The fraction of sp³-hybridized carbons (Fsp3) is 0.429. The van der Waals surface area contributed by atoms with Crippen LogP contribution in [0.1, 0.15) is 18.7 Å². The third-order valence-corrected chi connectivity index (χ3v) is 4.40. The number of carbonyl (C=O) groups is 1. The Morgan fingerprint density at radius 2 is 2.30 bits per heavy atom. The second-order valence-electron chi connectivity index (χ2n) is 5.01. The Morgan fingerprint density at radius 3 is 3.00 bits per heavy atom. The number of amides is 1. The smallest absolute Gasteiger partial charge is 0.223 e. The van der Waals surface area contributed by atoms with Gasteiger partial charge in [-0.05, 0) is 53.6 Å². The van der Waals surface area contributed by atoms with Crippen LogP contribution in [0.25, 0.3) is 11.0 Å². The van der Waals surface area contributed by atoms with E-state index in [0.29, 0.717) is 19.0 Å². The highest BCUT2D eigenvalue weighted by atomic mass is 127. The van der Waals surface area contributed by atoms with E-state index < -0.39 is 0 Å². The van der Waals surface area contributed by atoms with Gasteiger partial charge in [-0.3, -0.25) is 4.79 Å². The van der Waals surface area contributed by atoms with Gasteiger partial charge < -0.3 is 9.88 Å². The van der Waals surface area contributed by atoms with Gasteiger partial charge in [-0.1, -0.05) is 0 Å². The van der Waals surface area contributed by atoms with Crippen molar-refractivity contribution in [1.29, 1.82) is 0 Å². The molecule has 2 aromatic rings. The van der Waals surface area contributed by atoms with Crippen molar-refractivity contribution in [3.63, 3.8) is 0 Å². The molecule has 1 amide bonds. The average molecular weight is 404 g/mol. The number of nitrogens with one attached hydrogen (secondary N) is 1. The molecule has 0 spiro atoms.